The quantitative estimate of drug-likeness (QED) is 0.735. The minimum atomic E-state index is -0.878. The van der Waals surface area contributed by atoms with Gasteiger partial charge in [0.1, 0.15) is 0 Å². The Morgan fingerprint density at radius 3 is 2.79 bits per heavy atom. The van der Waals surface area contributed by atoms with Gasteiger partial charge in [-0.25, -0.2) is 4.79 Å². The maximum atomic E-state index is 11.6. The van der Waals surface area contributed by atoms with Crippen LogP contribution in [0.25, 0.3) is 0 Å². The van der Waals surface area contributed by atoms with Gasteiger partial charge in [-0.05, 0) is 25.7 Å². The van der Waals surface area contributed by atoms with Gasteiger partial charge in [0.15, 0.2) is 0 Å². The number of urea groups is 1. The number of carbonyl (C=O) groups is 1. The average Bonchev–Trinajstić information content (AvgIpc) is 2.70. The summed E-state index contributed by atoms with van der Waals surface area (Å²) in [6, 6.07) is -0.335. The summed E-state index contributed by atoms with van der Waals surface area (Å²) in [4.78, 5) is 11.6. The van der Waals surface area contributed by atoms with E-state index in [-0.39, 0.29) is 12.6 Å². The topological polar surface area (TPSA) is 79.2 Å². The van der Waals surface area contributed by atoms with Crippen molar-refractivity contribution in [1.82, 2.24) is 15.1 Å². The number of aryl methyl sites for hydroxylation is 1. The zero-order valence-corrected chi connectivity index (χ0v) is 12.1. The highest BCUT2D eigenvalue weighted by molar-refractivity contribution is 5.88. The molecule has 0 aliphatic carbocycles. The smallest absolute Gasteiger partial charge is 0.319 e. The van der Waals surface area contributed by atoms with E-state index in [2.05, 4.69) is 29.6 Å². The van der Waals surface area contributed by atoms with Crippen LogP contribution >= 0.6 is 0 Å². The molecule has 0 saturated heterocycles. The third-order valence-corrected chi connectivity index (χ3v) is 2.85. The Labute approximate surface area is 114 Å². The van der Waals surface area contributed by atoms with E-state index in [0.717, 1.165) is 6.42 Å². The molecule has 1 rings (SSSR count). The Balaban J connectivity index is 2.32. The first-order valence-corrected chi connectivity index (χ1v) is 6.54. The molecular formula is C13H24N4O2. The maximum Gasteiger partial charge on any atom is 0.319 e. The minimum Gasteiger partial charge on any atom is -0.388 e. The van der Waals surface area contributed by atoms with Gasteiger partial charge in [0.25, 0.3) is 0 Å². The van der Waals surface area contributed by atoms with Crippen molar-refractivity contribution < 1.29 is 9.90 Å². The van der Waals surface area contributed by atoms with Gasteiger partial charge < -0.3 is 15.7 Å². The van der Waals surface area contributed by atoms with Gasteiger partial charge in [0.05, 0.1) is 17.5 Å². The second-order valence-corrected chi connectivity index (χ2v) is 5.64. The molecule has 108 valence electrons. The van der Waals surface area contributed by atoms with Crippen molar-refractivity contribution in [2.45, 2.75) is 39.2 Å². The lowest BCUT2D eigenvalue weighted by molar-refractivity contribution is 0.0481. The summed E-state index contributed by atoms with van der Waals surface area (Å²) in [7, 11) is 1.78. The van der Waals surface area contributed by atoms with E-state index >= 15 is 0 Å². The Morgan fingerprint density at radius 2 is 2.26 bits per heavy atom. The van der Waals surface area contributed by atoms with Crippen LogP contribution in [0.1, 0.15) is 33.6 Å². The first-order chi connectivity index (χ1) is 8.78. The largest absolute Gasteiger partial charge is 0.388 e. The van der Waals surface area contributed by atoms with Crippen LogP contribution in [0.2, 0.25) is 0 Å². The maximum absolute atomic E-state index is 11.6. The predicted molar refractivity (Wildman–Crippen MR) is 74.9 cm³/mol. The van der Waals surface area contributed by atoms with Crippen LogP contribution in [-0.2, 0) is 7.05 Å². The lowest BCUT2D eigenvalue weighted by atomic mass is 9.95. The van der Waals surface area contributed by atoms with Crippen molar-refractivity contribution in [3.63, 3.8) is 0 Å². The van der Waals surface area contributed by atoms with Crippen LogP contribution in [-0.4, -0.2) is 33.1 Å². The number of aromatic nitrogens is 2. The number of anilines is 1. The van der Waals surface area contributed by atoms with Crippen molar-refractivity contribution in [3.05, 3.63) is 12.4 Å². The number of aliphatic hydroxyl groups is 1. The normalized spacial score (nSPS) is 14.2. The molecule has 0 bridgehead atoms. The van der Waals surface area contributed by atoms with E-state index in [9.17, 15) is 9.90 Å². The lowest BCUT2D eigenvalue weighted by Gasteiger charge is -2.24. The third kappa shape index (κ3) is 6.24. The van der Waals surface area contributed by atoms with Crippen LogP contribution in [0.3, 0.4) is 0 Å². The Morgan fingerprint density at radius 1 is 1.58 bits per heavy atom. The SMILES string of the molecule is CC(C)CCC(C)(O)CNC(=O)Nc1cnn(C)c1. The highest BCUT2D eigenvalue weighted by atomic mass is 16.3. The van der Waals surface area contributed by atoms with Crippen LogP contribution in [0.15, 0.2) is 12.4 Å². The summed E-state index contributed by atoms with van der Waals surface area (Å²) in [5, 5.41) is 19.4. The standard InChI is InChI=1S/C13H24N4O2/c1-10(2)5-6-13(3,19)9-14-12(18)16-11-7-15-17(4)8-11/h7-8,10,19H,5-6,9H2,1-4H3,(H2,14,16,18). The average molecular weight is 268 g/mol. The molecule has 19 heavy (non-hydrogen) atoms. The third-order valence-electron chi connectivity index (χ3n) is 2.85. The summed E-state index contributed by atoms with van der Waals surface area (Å²) >= 11 is 0. The Bertz CT molecular complexity index is 413. The van der Waals surface area contributed by atoms with E-state index in [1.807, 2.05) is 0 Å². The predicted octanol–water partition coefficient (Wildman–Crippen LogP) is 1.73. The van der Waals surface area contributed by atoms with Crippen LogP contribution in [0, 0.1) is 5.92 Å². The summed E-state index contributed by atoms with van der Waals surface area (Å²) in [6.07, 6.45) is 4.86. The fraction of sp³-hybridized carbons (Fsp3) is 0.692. The van der Waals surface area contributed by atoms with Gasteiger partial charge in [-0.3, -0.25) is 4.68 Å². The van der Waals surface area contributed by atoms with Crippen molar-refractivity contribution in [2.24, 2.45) is 13.0 Å². The van der Waals surface area contributed by atoms with E-state index in [1.165, 1.54) is 0 Å². The highest BCUT2D eigenvalue weighted by Crippen LogP contribution is 2.15. The summed E-state index contributed by atoms with van der Waals surface area (Å²) in [5.74, 6) is 0.538. The summed E-state index contributed by atoms with van der Waals surface area (Å²) < 4.78 is 1.61. The molecule has 0 spiro atoms. The molecule has 2 amide bonds. The summed E-state index contributed by atoms with van der Waals surface area (Å²) in [5.41, 5.74) is -0.252. The number of amides is 2. The van der Waals surface area contributed by atoms with Gasteiger partial charge in [-0.15, -0.1) is 0 Å². The van der Waals surface area contributed by atoms with Crippen molar-refractivity contribution >= 4 is 11.7 Å². The molecule has 1 atom stereocenters. The second-order valence-electron chi connectivity index (χ2n) is 5.64. The van der Waals surface area contributed by atoms with Gasteiger partial charge in [0, 0.05) is 19.8 Å². The fourth-order valence-electron chi connectivity index (χ4n) is 1.62. The first kappa shape index (κ1) is 15.5. The molecule has 1 aromatic heterocycles. The highest BCUT2D eigenvalue weighted by Gasteiger charge is 2.21. The molecule has 1 unspecified atom stereocenters. The molecule has 3 N–H and O–H groups in total. The van der Waals surface area contributed by atoms with Gasteiger partial charge >= 0.3 is 6.03 Å². The molecule has 0 aromatic carbocycles. The van der Waals surface area contributed by atoms with Crippen molar-refractivity contribution in [2.75, 3.05) is 11.9 Å². The van der Waals surface area contributed by atoms with Gasteiger partial charge in [-0.2, -0.15) is 5.10 Å². The first-order valence-electron chi connectivity index (χ1n) is 6.54. The lowest BCUT2D eigenvalue weighted by Crippen LogP contribution is -2.42. The van der Waals surface area contributed by atoms with Gasteiger partial charge in [-0.1, -0.05) is 13.8 Å². The molecule has 0 saturated carbocycles. The molecule has 1 heterocycles. The van der Waals surface area contributed by atoms with Crippen LogP contribution < -0.4 is 10.6 Å². The van der Waals surface area contributed by atoms with Crippen molar-refractivity contribution in [1.29, 1.82) is 0 Å². The van der Waals surface area contributed by atoms with E-state index in [1.54, 1.807) is 31.0 Å². The number of nitrogens with zero attached hydrogens (tertiary/aromatic N) is 2. The molecule has 6 heteroatoms. The molecule has 0 fully saturated rings. The molecule has 6 nitrogen and oxygen atoms in total. The number of carbonyl (C=O) groups excluding carboxylic acids is 1. The van der Waals surface area contributed by atoms with E-state index in [0.29, 0.717) is 18.0 Å². The van der Waals surface area contributed by atoms with E-state index in [4.69, 9.17) is 0 Å². The minimum absolute atomic E-state index is 0.228. The Kier molecular flexibility index (Phi) is 5.35. The van der Waals surface area contributed by atoms with E-state index < -0.39 is 5.60 Å². The van der Waals surface area contributed by atoms with Crippen molar-refractivity contribution in [3.8, 4) is 0 Å². The molecule has 0 aliphatic heterocycles. The number of hydrogen-bond acceptors (Lipinski definition) is 3. The summed E-state index contributed by atoms with van der Waals surface area (Å²) in [6.45, 7) is 6.18. The zero-order valence-electron chi connectivity index (χ0n) is 12.1. The monoisotopic (exact) mass is 268 g/mol. The Hall–Kier alpha value is -1.56. The molecular weight excluding hydrogens is 244 g/mol. The second kappa shape index (κ2) is 6.56. The molecule has 1 aromatic rings. The van der Waals surface area contributed by atoms with Gasteiger partial charge in [0.2, 0.25) is 0 Å². The van der Waals surface area contributed by atoms with Crippen LogP contribution in [0.4, 0.5) is 10.5 Å². The fourth-order valence-corrected chi connectivity index (χ4v) is 1.62. The number of hydrogen-bond donors (Lipinski definition) is 3. The molecule has 0 radical (unpaired) electrons. The molecule has 0 aliphatic rings. The number of rotatable bonds is 6. The van der Waals surface area contributed by atoms with Crippen LogP contribution in [0.5, 0.6) is 0 Å². The number of nitrogens with one attached hydrogen (secondary N) is 2. The zero-order chi connectivity index (χ0) is 14.5.